The number of hydrogen-bond acceptors (Lipinski definition) is 4. The lowest BCUT2D eigenvalue weighted by atomic mass is 10.1. The normalized spacial score (nSPS) is 14.2. The van der Waals surface area contributed by atoms with Crippen molar-refractivity contribution in [3.63, 3.8) is 0 Å². The minimum absolute atomic E-state index is 0.192. The van der Waals surface area contributed by atoms with E-state index in [0.717, 1.165) is 6.42 Å². The van der Waals surface area contributed by atoms with Gasteiger partial charge in [-0.1, -0.05) is 12.1 Å². The second-order valence-corrected chi connectivity index (χ2v) is 4.09. The van der Waals surface area contributed by atoms with Gasteiger partial charge in [-0.2, -0.15) is 0 Å². The summed E-state index contributed by atoms with van der Waals surface area (Å²) >= 11 is 0. The van der Waals surface area contributed by atoms with Crippen LogP contribution in [0.2, 0.25) is 0 Å². The van der Waals surface area contributed by atoms with Gasteiger partial charge in [-0.25, -0.2) is 0 Å². The monoisotopic (exact) mass is 248 g/mol. The summed E-state index contributed by atoms with van der Waals surface area (Å²) in [6, 6.07) is 6.93. The number of fused-ring (bicyclic) bond motifs is 1. The molecule has 18 heavy (non-hydrogen) atoms. The highest BCUT2D eigenvalue weighted by molar-refractivity contribution is 6.21. The standard InChI is InChI=1S/C13H16N2O3/c1-18-9-14-7-4-8-15-12(16)10-5-2-3-6-11(10)13(15)17/h2-3,5-6,14H,4,7-9H2,1H3. The first-order valence-electron chi connectivity index (χ1n) is 5.90. The molecule has 0 unspecified atom stereocenters. The Labute approximate surface area is 106 Å². The number of nitrogens with one attached hydrogen (secondary N) is 1. The predicted molar refractivity (Wildman–Crippen MR) is 66.3 cm³/mol. The van der Waals surface area contributed by atoms with Crippen molar-refractivity contribution in [2.24, 2.45) is 0 Å². The van der Waals surface area contributed by atoms with Crippen molar-refractivity contribution in [3.8, 4) is 0 Å². The van der Waals surface area contributed by atoms with Gasteiger partial charge >= 0.3 is 0 Å². The second kappa shape index (κ2) is 5.75. The zero-order chi connectivity index (χ0) is 13.0. The van der Waals surface area contributed by atoms with E-state index >= 15 is 0 Å². The van der Waals surface area contributed by atoms with Crippen molar-refractivity contribution in [2.45, 2.75) is 6.42 Å². The van der Waals surface area contributed by atoms with E-state index in [9.17, 15) is 9.59 Å². The summed E-state index contributed by atoms with van der Waals surface area (Å²) in [6.07, 6.45) is 0.717. The summed E-state index contributed by atoms with van der Waals surface area (Å²) in [5.41, 5.74) is 1.01. The predicted octanol–water partition coefficient (Wildman–Crippen LogP) is 0.866. The van der Waals surface area contributed by atoms with E-state index in [2.05, 4.69) is 5.32 Å². The number of nitrogens with zero attached hydrogens (tertiary/aromatic N) is 1. The van der Waals surface area contributed by atoms with Crippen LogP contribution in [0.4, 0.5) is 0 Å². The molecule has 96 valence electrons. The highest BCUT2D eigenvalue weighted by Crippen LogP contribution is 2.22. The fraction of sp³-hybridized carbons (Fsp3) is 0.385. The maximum atomic E-state index is 12.0. The number of imide groups is 1. The van der Waals surface area contributed by atoms with Crippen molar-refractivity contribution in [2.75, 3.05) is 26.9 Å². The minimum Gasteiger partial charge on any atom is -0.370 e. The minimum atomic E-state index is -0.192. The lowest BCUT2D eigenvalue weighted by Crippen LogP contribution is -2.32. The molecule has 0 bridgehead atoms. The SMILES string of the molecule is COCNCCCN1C(=O)c2ccccc2C1=O. The van der Waals surface area contributed by atoms with Gasteiger partial charge in [0.15, 0.2) is 0 Å². The molecule has 1 heterocycles. The fourth-order valence-electron chi connectivity index (χ4n) is 1.98. The summed E-state index contributed by atoms with van der Waals surface area (Å²) < 4.78 is 4.85. The third kappa shape index (κ3) is 2.42. The van der Waals surface area contributed by atoms with Gasteiger partial charge < -0.3 is 4.74 Å². The average Bonchev–Trinajstić information content (AvgIpc) is 2.64. The number of carbonyl (C=O) groups excluding carboxylic acids is 2. The Balaban J connectivity index is 1.93. The lowest BCUT2D eigenvalue weighted by molar-refractivity contribution is 0.0651. The topological polar surface area (TPSA) is 58.6 Å². The molecule has 1 aliphatic rings. The van der Waals surface area contributed by atoms with Crippen LogP contribution in [0.25, 0.3) is 0 Å². The van der Waals surface area contributed by atoms with Gasteiger partial charge in [-0.3, -0.25) is 19.8 Å². The molecule has 1 aliphatic heterocycles. The molecule has 5 nitrogen and oxygen atoms in total. The Morgan fingerprint density at radius 1 is 1.17 bits per heavy atom. The number of methoxy groups -OCH3 is 1. The molecule has 0 spiro atoms. The Kier molecular flexibility index (Phi) is 4.07. The van der Waals surface area contributed by atoms with Crippen molar-refractivity contribution >= 4 is 11.8 Å². The number of ether oxygens (including phenoxy) is 1. The third-order valence-corrected chi connectivity index (χ3v) is 2.86. The number of carbonyl (C=O) groups is 2. The second-order valence-electron chi connectivity index (χ2n) is 4.09. The molecule has 0 saturated heterocycles. The summed E-state index contributed by atoms with van der Waals surface area (Å²) in [6.45, 7) is 1.62. The highest BCUT2D eigenvalue weighted by Gasteiger charge is 2.34. The van der Waals surface area contributed by atoms with Gasteiger partial charge in [0.25, 0.3) is 11.8 Å². The molecule has 0 fully saturated rings. The van der Waals surface area contributed by atoms with E-state index < -0.39 is 0 Å². The first-order valence-corrected chi connectivity index (χ1v) is 5.90. The third-order valence-electron chi connectivity index (χ3n) is 2.86. The van der Waals surface area contributed by atoms with Crippen LogP contribution in [0.3, 0.4) is 0 Å². The maximum absolute atomic E-state index is 12.0. The smallest absolute Gasteiger partial charge is 0.261 e. The van der Waals surface area contributed by atoms with E-state index in [1.54, 1.807) is 31.4 Å². The highest BCUT2D eigenvalue weighted by atomic mass is 16.5. The molecule has 1 N–H and O–H groups in total. The summed E-state index contributed by atoms with van der Waals surface area (Å²) in [5.74, 6) is -0.385. The molecule has 5 heteroatoms. The van der Waals surface area contributed by atoms with Crippen LogP contribution >= 0.6 is 0 Å². The van der Waals surface area contributed by atoms with Crippen LogP contribution in [-0.4, -0.2) is 43.6 Å². The molecule has 0 radical (unpaired) electrons. The molecule has 0 saturated carbocycles. The molecular weight excluding hydrogens is 232 g/mol. The Morgan fingerprint density at radius 2 is 1.78 bits per heavy atom. The van der Waals surface area contributed by atoms with Crippen LogP contribution in [0.15, 0.2) is 24.3 Å². The van der Waals surface area contributed by atoms with E-state index in [4.69, 9.17) is 4.74 Å². The Hall–Kier alpha value is -1.72. The largest absolute Gasteiger partial charge is 0.370 e. The maximum Gasteiger partial charge on any atom is 0.261 e. The molecule has 0 aromatic heterocycles. The zero-order valence-electron chi connectivity index (χ0n) is 10.3. The van der Waals surface area contributed by atoms with Gasteiger partial charge in [0, 0.05) is 13.7 Å². The molecule has 2 rings (SSSR count). The molecule has 1 aromatic carbocycles. The quantitative estimate of drug-likeness (QED) is 0.461. The van der Waals surface area contributed by atoms with E-state index in [1.807, 2.05) is 0 Å². The number of hydrogen-bond donors (Lipinski definition) is 1. The summed E-state index contributed by atoms with van der Waals surface area (Å²) in [4.78, 5) is 25.3. The molecule has 2 amide bonds. The van der Waals surface area contributed by atoms with Gasteiger partial charge in [0.1, 0.15) is 0 Å². The number of benzene rings is 1. The van der Waals surface area contributed by atoms with Crippen LogP contribution in [0.5, 0.6) is 0 Å². The Morgan fingerprint density at radius 3 is 2.33 bits per heavy atom. The lowest BCUT2D eigenvalue weighted by Gasteiger charge is -2.13. The zero-order valence-corrected chi connectivity index (χ0v) is 10.3. The van der Waals surface area contributed by atoms with Crippen molar-refractivity contribution in [1.82, 2.24) is 10.2 Å². The number of rotatable bonds is 6. The van der Waals surface area contributed by atoms with Crippen LogP contribution in [0, 0.1) is 0 Å². The van der Waals surface area contributed by atoms with E-state index in [-0.39, 0.29) is 11.8 Å². The fourth-order valence-corrected chi connectivity index (χ4v) is 1.98. The first kappa shape index (κ1) is 12.7. The first-order chi connectivity index (χ1) is 8.75. The summed E-state index contributed by atoms with van der Waals surface area (Å²) in [7, 11) is 1.61. The van der Waals surface area contributed by atoms with Gasteiger partial charge in [0.2, 0.25) is 0 Å². The van der Waals surface area contributed by atoms with Crippen molar-refractivity contribution in [3.05, 3.63) is 35.4 Å². The Bertz CT molecular complexity index is 424. The van der Waals surface area contributed by atoms with E-state index in [0.29, 0.717) is 30.9 Å². The van der Waals surface area contributed by atoms with Gasteiger partial charge in [-0.05, 0) is 25.1 Å². The number of amides is 2. The molecule has 0 atom stereocenters. The van der Waals surface area contributed by atoms with Gasteiger partial charge in [0.05, 0.1) is 17.9 Å². The molecule has 1 aromatic rings. The van der Waals surface area contributed by atoms with Crippen LogP contribution in [0.1, 0.15) is 27.1 Å². The molecule has 0 aliphatic carbocycles. The van der Waals surface area contributed by atoms with Crippen molar-refractivity contribution in [1.29, 1.82) is 0 Å². The van der Waals surface area contributed by atoms with Crippen molar-refractivity contribution < 1.29 is 14.3 Å². The van der Waals surface area contributed by atoms with E-state index in [1.165, 1.54) is 4.90 Å². The summed E-state index contributed by atoms with van der Waals surface area (Å²) in [5, 5.41) is 3.04. The molecular formula is C13H16N2O3. The van der Waals surface area contributed by atoms with Gasteiger partial charge in [-0.15, -0.1) is 0 Å². The van der Waals surface area contributed by atoms with Crippen LogP contribution in [-0.2, 0) is 4.74 Å². The van der Waals surface area contributed by atoms with Crippen LogP contribution < -0.4 is 5.32 Å². The average molecular weight is 248 g/mol.